The van der Waals surface area contributed by atoms with Crippen molar-refractivity contribution in [3.05, 3.63) is 53.8 Å². The lowest BCUT2D eigenvalue weighted by molar-refractivity contribution is 0.101. The first-order chi connectivity index (χ1) is 8.61. The van der Waals surface area contributed by atoms with Gasteiger partial charge < -0.3 is 0 Å². The molecule has 0 bridgehead atoms. The molecule has 3 heteroatoms. The van der Waals surface area contributed by atoms with Crippen LogP contribution < -0.4 is 0 Å². The molecule has 0 N–H and O–H groups in total. The van der Waals surface area contributed by atoms with Crippen molar-refractivity contribution in [3.63, 3.8) is 0 Å². The van der Waals surface area contributed by atoms with Gasteiger partial charge in [0.2, 0.25) is 0 Å². The normalized spacial score (nSPS) is 10.4. The first-order valence-corrected chi connectivity index (χ1v) is 6.79. The van der Waals surface area contributed by atoms with E-state index in [0.717, 1.165) is 16.0 Å². The number of hydrogen-bond acceptors (Lipinski definition) is 2. The van der Waals surface area contributed by atoms with E-state index >= 15 is 0 Å². The van der Waals surface area contributed by atoms with Crippen molar-refractivity contribution in [2.75, 3.05) is 6.26 Å². The van der Waals surface area contributed by atoms with Crippen LogP contribution in [0.3, 0.4) is 0 Å². The molecule has 0 unspecified atom stereocenters. The Kier molecular flexibility index (Phi) is 3.82. The molecule has 92 valence electrons. The van der Waals surface area contributed by atoms with Gasteiger partial charge >= 0.3 is 0 Å². The van der Waals surface area contributed by atoms with Crippen molar-refractivity contribution in [2.24, 2.45) is 0 Å². The maximum absolute atomic E-state index is 12.9. The minimum absolute atomic E-state index is 0.0157. The number of rotatable bonds is 3. The van der Waals surface area contributed by atoms with Crippen LogP contribution in [0.15, 0.2) is 47.4 Å². The first kappa shape index (κ1) is 12.8. The van der Waals surface area contributed by atoms with E-state index in [9.17, 15) is 9.18 Å². The van der Waals surface area contributed by atoms with E-state index in [0.29, 0.717) is 5.56 Å². The minimum Gasteiger partial charge on any atom is -0.294 e. The summed E-state index contributed by atoms with van der Waals surface area (Å²) in [5, 5.41) is 0. The molecule has 0 aliphatic rings. The molecule has 0 radical (unpaired) electrons. The molecular weight excluding hydrogens is 247 g/mol. The lowest BCUT2D eigenvalue weighted by atomic mass is 9.97. The number of carbonyl (C=O) groups excluding carboxylic acids is 1. The van der Waals surface area contributed by atoms with Crippen LogP contribution in [0.1, 0.15) is 17.3 Å². The minimum atomic E-state index is -0.274. The highest BCUT2D eigenvalue weighted by Gasteiger charge is 2.10. The summed E-state index contributed by atoms with van der Waals surface area (Å²) in [6.07, 6.45) is 1.98. The molecule has 0 saturated carbocycles. The molecule has 0 heterocycles. The molecule has 0 amide bonds. The van der Waals surface area contributed by atoms with Crippen molar-refractivity contribution in [3.8, 4) is 11.1 Å². The van der Waals surface area contributed by atoms with Gasteiger partial charge in [-0.25, -0.2) is 4.39 Å². The lowest BCUT2D eigenvalue weighted by Gasteiger charge is -2.09. The zero-order valence-electron chi connectivity index (χ0n) is 10.2. The monoisotopic (exact) mass is 260 g/mol. The maximum atomic E-state index is 12.9. The van der Waals surface area contributed by atoms with Crippen molar-refractivity contribution >= 4 is 17.5 Å². The van der Waals surface area contributed by atoms with E-state index in [2.05, 4.69) is 0 Å². The largest absolute Gasteiger partial charge is 0.294 e. The number of ketones is 1. The zero-order chi connectivity index (χ0) is 13.1. The molecule has 0 aliphatic carbocycles. The summed E-state index contributed by atoms with van der Waals surface area (Å²) in [4.78, 5) is 12.7. The van der Waals surface area contributed by atoms with Crippen LogP contribution in [0.2, 0.25) is 0 Å². The van der Waals surface area contributed by atoms with E-state index in [1.54, 1.807) is 30.8 Å². The molecular formula is C15H13FOS. The fraction of sp³-hybridized carbons (Fsp3) is 0.133. The highest BCUT2D eigenvalue weighted by atomic mass is 32.2. The van der Waals surface area contributed by atoms with E-state index < -0.39 is 0 Å². The van der Waals surface area contributed by atoms with Gasteiger partial charge in [-0.3, -0.25) is 4.79 Å². The Morgan fingerprint density at radius 1 is 1.11 bits per heavy atom. The van der Waals surface area contributed by atoms with Gasteiger partial charge in [0, 0.05) is 10.5 Å². The second-order valence-electron chi connectivity index (χ2n) is 3.97. The molecule has 18 heavy (non-hydrogen) atoms. The first-order valence-electron chi connectivity index (χ1n) is 5.56. The third-order valence-electron chi connectivity index (χ3n) is 2.76. The molecule has 2 aromatic rings. The van der Waals surface area contributed by atoms with Crippen molar-refractivity contribution in [1.29, 1.82) is 0 Å². The van der Waals surface area contributed by atoms with Gasteiger partial charge in [0.1, 0.15) is 5.82 Å². The molecule has 1 nitrogen and oxygen atoms in total. The predicted molar refractivity (Wildman–Crippen MR) is 73.6 cm³/mol. The van der Waals surface area contributed by atoms with Gasteiger partial charge in [-0.05, 0) is 54.6 Å². The maximum Gasteiger partial charge on any atom is 0.160 e. The summed E-state index contributed by atoms with van der Waals surface area (Å²) < 4.78 is 12.9. The van der Waals surface area contributed by atoms with E-state index in [1.807, 2.05) is 24.5 Å². The number of thioether (sulfide) groups is 1. The topological polar surface area (TPSA) is 17.1 Å². The summed E-state index contributed by atoms with van der Waals surface area (Å²) in [6, 6.07) is 11.9. The van der Waals surface area contributed by atoms with Gasteiger partial charge in [0.15, 0.2) is 5.78 Å². The fourth-order valence-corrected chi connectivity index (χ4v) is 2.27. The highest BCUT2D eigenvalue weighted by molar-refractivity contribution is 7.98. The summed E-state index contributed by atoms with van der Waals surface area (Å²) in [5.41, 5.74) is 2.38. The SMILES string of the molecule is CSc1ccc(C(C)=O)c(-c2ccc(F)cc2)c1. The Bertz CT molecular complexity index is 576. The molecule has 0 spiro atoms. The second-order valence-corrected chi connectivity index (χ2v) is 4.85. The fourth-order valence-electron chi connectivity index (χ4n) is 1.83. The second kappa shape index (κ2) is 5.36. The van der Waals surface area contributed by atoms with Crippen LogP contribution in [0, 0.1) is 5.82 Å². The van der Waals surface area contributed by atoms with Crippen molar-refractivity contribution < 1.29 is 9.18 Å². The van der Waals surface area contributed by atoms with Crippen LogP contribution in [0.5, 0.6) is 0 Å². The van der Waals surface area contributed by atoms with Gasteiger partial charge in [-0.15, -0.1) is 11.8 Å². The summed E-state index contributed by atoms with van der Waals surface area (Å²) in [5.74, 6) is -0.258. The summed E-state index contributed by atoms with van der Waals surface area (Å²) >= 11 is 1.62. The number of hydrogen-bond donors (Lipinski definition) is 0. The standard InChI is InChI=1S/C15H13FOS/c1-10(17)14-8-7-13(18-2)9-15(14)11-3-5-12(16)6-4-11/h3-9H,1-2H3. The molecule has 2 aromatic carbocycles. The number of Topliss-reactive ketones (excluding diaryl/α,β-unsaturated/α-hetero) is 1. The zero-order valence-corrected chi connectivity index (χ0v) is 11.1. The molecule has 0 saturated heterocycles. The summed E-state index contributed by atoms with van der Waals surface area (Å²) in [6.45, 7) is 1.54. The van der Waals surface area contributed by atoms with Gasteiger partial charge in [-0.1, -0.05) is 12.1 Å². The Hall–Kier alpha value is -1.61. The van der Waals surface area contributed by atoms with Crippen molar-refractivity contribution in [1.82, 2.24) is 0 Å². The Morgan fingerprint density at radius 2 is 1.78 bits per heavy atom. The van der Waals surface area contributed by atoms with E-state index in [4.69, 9.17) is 0 Å². The quantitative estimate of drug-likeness (QED) is 0.600. The number of benzene rings is 2. The van der Waals surface area contributed by atoms with E-state index in [-0.39, 0.29) is 11.6 Å². The van der Waals surface area contributed by atoms with Crippen LogP contribution in [-0.2, 0) is 0 Å². The predicted octanol–water partition coefficient (Wildman–Crippen LogP) is 4.42. The third kappa shape index (κ3) is 2.62. The Balaban J connectivity index is 2.59. The van der Waals surface area contributed by atoms with Gasteiger partial charge in [-0.2, -0.15) is 0 Å². The van der Waals surface area contributed by atoms with Crippen LogP contribution >= 0.6 is 11.8 Å². The Labute approximate surface area is 110 Å². The lowest BCUT2D eigenvalue weighted by Crippen LogP contribution is -1.96. The highest BCUT2D eigenvalue weighted by Crippen LogP contribution is 2.28. The Morgan fingerprint density at radius 3 is 2.33 bits per heavy atom. The van der Waals surface area contributed by atoms with Crippen molar-refractivity contribution in [2.45, 2.75) is 11.8 Å². The smallest absolute Gasteiger partial charge is 0.160 e. The average Bonchev–Trinajstić information content (AvgIpc) is 2.38. The van der Waals surface area contributed by atoms with Crippen LogP contribution in [0.4, 0.5) is 4.39 Å². The van der Waals surface area contributed by atoms with Crippen LogP contribution in [-0.4, -0.2) is 12.0 Å². The average molecular weight is 260 g/mol. The molecule has 0 atom stereocenters. The molecule has 2 rings (SSSR count). The van der Waals surface area contributed by atoms with Gasteiger partial charge in [0.05, 0.1) is 0 Å². The van der Waals surface area contributed by atoms with Crippen LogP contribution in [0.25, 0.3) is 11.1 Å². The van der Waals surface area contributed by atoms with Gasteiger partial charge in [0.25, 0.3) is 0 Å². The van der Waals surface area contributed by atoms with E-state index in [1.165, 1.54) is 12.1 Å². The number of halogens is 1. The molecule has 0 aromatic heterocycles. The third-order valence-corrected chi connectivity index (χ3v) is 3.49. The molecule has 0 fully saturated rings. The summed E-state index contributed by atoms with van der Waals surface area (Å²) in [7, 11) is 0. The number of carbonyl (C=O) groups is 1. The molecule has 0 aliphatic heterocycles.